The minimum Gasteiger partial charge on any atom is -0.372 e. The molecule has 5 rings (SSSR count). The largest absolute Gasteiger partial charge is 0.372 e. The van der Waals surface area contributed by atoms with Crippen molar-refractivity contribution in [2.24, 2.45) is 0 Å². The number of carbonyl (C=O) groups is 1. The Bertz CT molecular complexity index is 1250. The number of nitrogens with zero attached hydrogens (tertiary/aromatic N) is 5. The van der Waals surface area contributed by atoms with Gasteiger partial charge in [-0.2, -0.15) is 0 Å². The van der Waals surface area contributed by atoms with E-state index in [2.05, 4.69) is 54.2 Å². The fraction of sp³-hybridized carbons (Fsp3) is 0.286. The van der Waals surface area contributed by atoms with Crippen molar-refractivity contribution in [1.29, 1.82) is 0 Å². The molecule has 1 amide bonds. The van der Waals surface area contributed by atoms with Gasteiger partial charge in [0.05, 0.1) is 12.3 Å². The molecule has 0 radical (unpaired) electrons. The summed E-state index contributed by atoms with van der Waals surface area (Å²) in [6.45, 7) is 2.83. The molecular weight excluding hydrogens is 468 g/mol. The number of benzene rings is 2. The Morgan fingerprint density at radius 1 is 0.861 bits per heavy atom. The lowest BCUT2D eigenvalue weighted by atomic mass is 10.2. The molecule has 2 aromatic heterocycles. The normalized spacial score (nSPS) is 13.8. The zero-order valence-corrected chi connectivity index (χ0v) is 21.0. The SMILES string of the molecule is O=C(CSc1nnc(-c2ccncc2)n1Cc1ccccc1)Nc1ccc(N2CCCCCC2)cc1. The maximum atomic E-state index is 12.8. The van der Waals surface area contributed by atoms with E-state index in [-0.39, 0.29) is 11.7 Å². The number of carbonyl (C=O) groups excluding carboxylic acids is 1. The van der Waals surface area contributed by atoms with Crippen LogP contribution in [0.5, 0.6) is 0 Å². The minimum absolute atomic E-state index is 0.0674. The van der Waals surface area contributed by atoms with Crippen LogP contribution in [0.25, 0.3) is 11.4 Å². The second-order valence-electron chi connectivity index (χ2n) is 8.90. The van der Waals surface area contributed by atoms with Gasteiger partial charge in [0.25, 0.3) is 0 Å². The second kappa shape index (κ2) is 11.9. The standard InChI is InChI=1S/C28H30N6OS/c35-26(30-24-10-12-25(13-11-24)33-18-6-1-2-7-19-33)21-36-28-32-31-27(23-14-16-29-17-15-23)34(28)20-22-8-4-3-5-9-22/h3-5,8-17H,1-2,6-7,18-21H2,(H,30,35). The quantitative estimate of drug-likeness (QED) is 0.323. The summed E-state index contributed by atoms with van der Waals surface area (Å²) in [5, 5.41) is 12.6. The van der Waals surface area contributed by atoms with E-state index in [0.29, 0.717) is 11.7 Å². The van der Waals surface area contributed by atoms with Crippen LogP contribution in [0, 0.1) is 0 Å². The Balaban J connectivity index is 1.25. The van der Waals surface area contributed by atoms with Gasteiger partial charge < -0.3 is 10.2 Å². The summed E-state index contributed by atoms with van der Waals surface area (Å²) in [6, 6.07) is 22.2. The number of amides is 1. The molecule has 184 valence electrons. The van der Waals surface area contributed by atoms with Gasteiger partial charge >= 0.3 is 0 Å². The Morgan fingerprint density at radius 3 is 2.31 bits per heavy atom. The molecule has 1 fully saturated rings. The average molecular weight is 499 g/mol. The fourth-order valence-electron chi connectivity index (χ4n) is 4.43. The average Bonchev–Trinajstić information content (AvgIpc) is 3.11. The number of anilines is 2. The van der Waals surface area contributed by atoms with E-state index in [4.69, 9.17) is 0 Å². The van der Waals surface area contributed by atoms with Crippen molar-refractivity contribution in [1.82, 2.24) is 19.7 Å². The Labute approximate surface area is 216 Å². The molecule has 0 atom stereocenters. The maximum Gasteiger partial charge on any atom is 0.234 e. The van der Waals surface area contributed by atoms with Gasteiger partial charge in [0.1, 0.15) is 0 Å². The van der Waals surface area contributed by atoms with E-state index in [1.54, 1.807) is 12.4 Å². The Kier molecular flexibility index (Phi) is 7.93. The second-order valence-corrected chi connectivity index (χ2v) is 9.84. The number of hydrogen-bond donors (Lipinski definition) is 1. The van der Waals surface area contributed by atoms with Crippen molar-refractivity contribution in [2.45, 2.75) is 37.4 Å². The van der Waals surface area contributed by atoms with Crippen LogP contribution in [0.2, 0.25) is 0 Å². The zero-order chi connectivity index (χ0) is 24.6. The van der Waals surface area contributed by atoms with Gasteiger partial charge in [-0.25, -0.2) is 0 Å². The molecular formula is C28H30N6OS. The first kappa shape index (κ1) is 24.1. The van der Waals surface area contributed by atoms with E-state index >= 15 is 0 Å². The van der Waals surface area contributed by atoms with Gasteiger partial charge in [0, 0.05) is 42.4 Å². The Hall–Kier alpha value is -3.65. The van der Waals surface area contributed by atoms with Crippen LogP contribution >= 0.6 is 11.8 Å². The van der Waals surface area contributed by atoms with Gasteiger partial charge in [0.15, 0.2) is 11.0 Å². The monoisotopic (exact) mass is 498 g/mol. The first-order valence-corrected chi connectivity index (χ1v) is 13.4. The summed E-state index contributed by atoms with van der Waals surface area (Å²) < 4.78 is 2.05. The van der Waals surface area contributed by atoms with Crippen LogP contribution in [0.1, 0.15) is 31.2 Å². The predicted molar refractivity (Wildman–Crippen MR) is 145 cm³/mol. The third-order valence-corrected chi connectivity index (χ3v) is 7.26. The molecule has 1 aliphatic heterocycles. The lowest BCUT2D eigenvalue weighted by molar-refractivity contribution is -0.113. The van der Waals surface area contributed by atoms with Crippen LogP contribution < -0.4 is 10.2 Å². The summed E-state index contributed by atoms with van der Waals surface area (Å²) in [5.41, 5.74) is 4.11. The highest BCUT2D eigenvalue weighted by atomic mass is 32.2. The molecule has 0 spiro atoms. The van der Waals surface area contributed by atoms with E-state index in [0.717, 1.165) is 35.7 Å². The third-order valence-electron chi connectivity index (χ3n) is 6.29. The van der Waals surface area contributed by atoms with Crippen molar-refractivity contribution < 1.29 is 4.79 Å². The molecule has 1 saturated heterocycles. The van der Waals surface area contributed by atoms with E-state index in [1.165, 1.54) is 43.1 Å². The number of pyridine rings is 1. The lowest BCUT2D eigenvalue weighted by Gasteiger charge is -2.22. The molecule has 0 unspecified atom stereocenters. The first-order valence-electron chi connectivity index (χ1n) is 12.4. The summed E-state index contributed by atoms with van der Waals surface area (Å²) in [7, 11) is 0. The number of aromatic nitrogens is 4. The molecule has 0 bridgehead atoms. The van der Waals surface area contributed by atoms with Crippen LogP contribution in [-0.2, 0) is 11.3 Å². The summed E-state index contributed by atoms with van der Waals surface area (Å²) in [5.74, 6) is 0.937. The molecule has 1 N–H and O–H groups in total. The molecule has 36 heavy (non-hydrogen) atoms. The smallest absolute Gasteiger partial charge is 0.234 e. The van der Waals surface area contributed by atoms with Crippen LogP contribution in [0.4, 0.5) is 11.4 Å². The van der Waals surface area contributed by atoms with Crippen molar-refractivity contribution in [2.75, 3.05) is 29.1 Å². The van der Waals surface area contributed by atoms with Crippen molar-refractivity contribution in [3.8, 4) is 11.4 Å². The van der Waals surface area contributed by atoms with Gasteiger partial charge in [-0.1, -0.05) is 54.9 Å². The number of hydrogen-bond acceptors (Lipinski definition) is 6. The van der Waals surface area contributed by atoms with E-state index < -0.39 is 0 Å². The van der Waals surface area contributed by atoms with Gasteiger partial charge in [-0.3, -0.25) is 14.3 Å². The number of thioether (sulfide) groups is 1. The topological polar surface area (TPSA) is 75.9 Å². The van der Waals surface area contributed by atoms with Crippen LogP contribution in [0.15, 0.2) is 84.3 Å². The third kappa shape index (κ3) is 6.12. The van der Waals surface area contributed by atoms with Gasteiger partial charge in [-0.05, 0) is 54.8 Å². The molecule has 0 saturated carbocycles. The molecule has 2 aromatic carbocycles. The summed E-state index contributed by atoms with van der Waals surface area (Å²) >= 11 is 1.39. The summed E-state index contributed by atoms with van der Waals surface area (Å²) in [4.78, 5) is 19.3. The highest BCUT2D eigenvalue weighted by molar-refractivity contribution is 7.99. The highest BCUT2D eigenvalue weighted by Crippen LogP contribution is 2.26. The Morgan fingerprint density at radius 2 is 1.58 bits per heavy atom. The predicted octanol–water partition coefficient (Wildman–Crippen LogP) is 5.50. The first-order chi connectivity index (χ1) is 17.8. The molecule has 4 aromatic rings. The van der Waals surface area contributed by atoms with Crippen LogP contribution in [-0.4, -0.2) is 44.5 Å². The minimum atomic E-state index is -0.0674. The molecule has 1 aliphatic rings. The number of rotatable bonds is 8. The van der Waals surface area contributed by atoms with Gasteiger partial charge in [0.2, 0.25) is 5.91 Å². The lowest BCUT2D eigenvalue weighted by Crippen LogP contribution is -2.23. The molecule has 8 heteroatoms. The molecule has 7 nitrogen and oxygen atoms in total. The van der Waals surface area contributed by atoms with E-state index in [9.17, 15) is 4.79 Å². The van der Waals surface area contributed by atoms with Crippen molar-refractivity contribution >= 4 is 29.0 Å². The van der Waals surface area contributed by atoms with Crippen LogP contribution in [0.3, 0.4) is 0 Å². The highest BCUT2D eigenvalue weighted by Gasteiger charge is 2.16. The van der Waals surface area contributed by atoms with E-state index in [1.807, 2.05) is 42.5 Å². The fourth-order valence-corrected chi connectivity index (χ4v) is 5.17. The zero-order valence-electron chi connectivity index (χ0n) is 20.2. The van der Waals surface area contributed by atoms with Crippen molar-refractivity contribution in [3.63, 3.8) is 0 Å². The maximum absolute atomic E-state index is 12.8. The number of nitrogens with one attached hydrogen (secondary N) is 1. The molecule has 0 aliphatic carbocycles. The summed E-state index contributed by atoms with van der Waals surface area (Å²) in [6.07, 6.45) is 8.60. The van der Waals surface area contributed by atoms with Gasteiger partial charge in [-0.15, -0.1) is 10.2 Å². The van der Waals surface area contributed by atoms with Crippen molar-refractivity contribution in [3.05, 3.63) is 84.7 Å². The molecule has 3 heterocycles.